The monoisotopic (exact) mass is 276 g/mol. The maximum Gasteiger partial charge on any atom is 0.0595 e. The first-order valence-corrected chi connectivity index (χ1v) is 7.78. The number of likely N-dealkylation sites (N-methyl/N-ethyl adjacent to an activating group) is 1. The number of hydrogen-bond acceptors (Lipinski definition) is 3. The fraction of sp³-hybridized carbons (Fsp3) is 0.647. The second-order valence-corrected chi connectivity index (χ2v) is 5.70. The van der Waals surface area contributed by atoms with Crippen molar-refractivity contribution in [2.75, 3.05) is 33.3 Å². The summed E-state index contributed by atoms with van der Waals surface area (Å²) in [7, 11) is 1.83. The molecule has 0 radical (unpaired) electrons. The van der Waals surface area contributed by atoms with E-state index in [1.807, 2.05) is 7.11 Å². The van der Waals surface area contributed by atoms with Crippen molar-refractivity contribution in [1.29, 1.82) is 0 Å². The normalized spacial score (nSPS) is 19.1. The zero-order valence-electron chi connectivity index (χ0n) is 13.1. The predicted octanol–water partition coefficient (Wildman–Crippen LogP) is 2.76. The molecule has 3 nitrogen and oxygen atoms in total. The smallest absolute Gasteiger partial charge is 0.0595 e. The molecule has 1 heterocycles. The van der Waals surface area contributed by atoms with Gasteiger partial charge in [-0.3, -0.25) is 0 Å². The Morgan fingerprint density at radius 2 is 2.00 bits per heavy atom. The van der Waals surface area contributed by atoms with Gasteiger partial charge in [0.05, 0.1) is 6.10 Å². The van der Waals surface area contributed by atoms with Crippen molar-refractivity contribution >= 4 is 0 Å². The number of rotatable bonds is 6. The Hall–Kier alpha value is -0.900. The molecule has 0 aromatic heterocycles. The van der Waals surface area contributed by atoms with E-state index in [0.717, 1.165) is 39.0 Å². The lowest BCUT2D eigenvalue weighted by Crippen LogP contribution is -2.41. The molecule has 0 spiro atoms. The van der Waals surface area contributed by atoms with E-state index in [1.165, 1.54) is 11.1 Å². The summed E-state index contributed by atoms with van der Waals surface area (Å²) in [5, 5.41) is 3.64. The van der Waals surface area contributed by atoms with E-state index in [2.05, 4.69) is 48.3 Å². The molecular formula is C17H28N2O. The van der Waals surface area contributed by atoms with Crippen LogP contribution in [0.4, 0.5) is 0 Å². The van der Waals surface area contributed by atoms with Crippen molar-refractivity contribution in [3.63, 3.8) is 0 Å². The summed E-state index contributed by atoms with van der Waals surface area (Å²) < 4.78 is 5.45. The van der Waals surface area contributed by atoms with Crippen molar-refractivity contribution < 1.29 is 4.74 Å². The van der Waals surface area contributed by atoms with E-state index >= 15 is 0 Å². The molecule has 0 bridgehead atoms. The Kier molecular flexibility index (Phi) is 6.02. The van der Waals surface area contributed by atoms with Crippen molar-refractivity contribution in [3.8, 4) is 0 Å². The lowest BCUT2D eigenvalue weighted by Gasteiger charge is -2.34. The highest BCUT2D eigenvalue weighted by molar-refractivity contribution is 5.29. The minimum Gasteiger partial charge on any atom is -0.381 e. The molecule has 20 heavy (non-hydrogen) atoms. The molecule has 1 unspecified atom stereocenters. The molecule has 1 aromatic rings. The van der Waals surface area contributed by atoms with Crippen LogP contribution in [-0.2, 0) is 4.74 Å². The Bertz CT molecular complexity index is 400. The van der Waals surface area contributed by atoms with Crippen molar-refractivity contribution in [1.82, 2.24) is 10.2 Å². The number of nitrogens with one attached hydrogen (secondary N) is 1. The van der Waals surface area contributed by atoms with Crippen LogP contribution < -0.4 is 5.32 Å². The zero-order valence-corrected chi connectivity index (χ0v) is 13.1. The van der Waals surface area contributed by atoms with Gasteiger partial charge in [0.25, 0.3) is 0 Å². The summed E-state index contributed by atoms with van der Waals surface area (Å²) >= 11 is 0. The van der Waals surface area contributed by atoms with Crippen LogP contribution in [0, 0.1) is 6.92 Å². The number of likely N-dealkylation sites (tertiary alicyclic amines) is 1. The molecule has 0 amide bonds. The maximum atomic E-state index is 5.45. The summed E-state index contributed by atoms with van der Waals surface area (Å²) in [5.74, 6) is 0. The minimum absolute atomic E-state index is 0.431. The van der Waals surface area contributed by atoms with Gasteiger partial charge in [0.2, 0.25) is 0 Å². The van der Waals surface area contributed by atoms with E-state index < -0.39 is 0 Å². The van der Waals surface area contributed by atoms with Gasteiger partial charge in [0.15, 0.2) is 0 Å². The van der Waals surface area contributed by atoms with Crippen LogP contribution in [0.1, 0.15) is 36.9 Å². The van der Waals surface area contributed by atoms with Crippen LogP contribution in [0.3, 0.4) is 0 Å². The van der Waals surface area contributed by atoms with Gasteiger partial charge < -0.3 is 15.0 Å². The topological polar surface area (TPSA) is 24.5 Å². The summed E-state index contributed by atoms with van der Waals surface area (Å²) in [6.45, 7) is 8.78. The van der Waals surface area contributed by atoms with E-state index in [4.69, 9.17) is 4.74 Å². The number of methoxy groups -OCH3 is 1. The molecule has 0 aliphatic carbocycles. The number of piperidine rings is 1. The van der Waals surface area contributed by atoms with Gasteiger partial charge in [-0.05, 0) is 37.4 Å². The number of hydrogen-bond donors (Lipinski definition) is 1. The molecule has 1 atom stereocenters. The Morgan fingerprint density at radius 3 is 2.60 bits per heavy atom. The minimum atomic E-state index is 0.431. The summed E-state index contributed by atoms with van der Waals surface area (Å²) in [4.78, 5) is 2.56. The SMILES string of the molecule is CCNC(CN1CCC(OC)CC1)c1ccccc1C. The third-order valence-corrected chi connectivity index (χ3v) is 4.32. The van der Waals surface area contributed by atoms with Gasteiger partial charge >= 0.3 is 0 Å². The van der Waals surface area contributed by atoms with Crippen molar-refractivity contribution in [2.24, 2.45) is 0 Å². The molecular weight excluding hydrogens is 248 g/mol. The first kappa shape index (κ1) is 15.5. The first-order valence-electron chi connectivity index (χ1n) is 7.78. The number of nitrogens with zero attached hydrogens (tertiary/aromatic N) is 1. The molecule has 1 aliphatic heterocycles. The van der Waals surface area contributed by atoms with E-state index in [1.54, 1.807) is 0 Å². The number of benzene rings is 1. The summed E-state index contributed by atoms with van der Waals surface area (Å²) in [6, 6.07) is 9.15. The van der Waals surface area contributed by atoms with Gasteiger partial charge in [0.1, 0.15) is 0 Å². The molecule has 2 rings (SSSR count). The quantitative estimate of drug-likeness (QED) is 0.864. The molecule has 3 heteroatoms. The van der Waals surface area contributed by atoms with Gasteiger partial charge in [-0.15, -0.1) is 0 Å². The van der Waals surface area contributed by atoms with Gasteiger partial charge in [-0.2, -0.15) is 0 Å². The first-order chi connectivity index (χ1) is 9.74. The molecule has 1 saturated heterocycles. The molecule has 112 valence electrons. The van der Waals surface area contributed by atoms with Gasteiger partial charge in [0, 0.05) is 32.8 Å². The summed E-state index contributed by atoms with van der Waals surface area (Å²) in [6.07, 6.45) is 2.77. The van der Waals surface area contributed by atoms with Crippen LogP contribution in [0.5, 0.6) is 0 Å². The van der Waals surface area contributed by atoms with Gasteiger partial charge in [-0.1, -0.05) is 31.2 Å². The Balaban J connectivity index is 1.98. The Morgan fingerprint density at radius 1 is 1.30 bits per heavy atom. The number of aryl methyl sites for hydroxylation is 1. The molecule has 1 aromatic carbocycles. The fourth-order valence-electron chi connectivity index (χ4n) is 3.08. The predicted molar refractivity (Wildman–Crippen MR) is 84.1 cm³/mol. The average molecular weight is 276 g/mol. The van der Waals surface area contributed by atoms with E-state index in [-0.39, 0.29) is 0 Å². The second kappa shape index (κ2) is 7.77. The van der Waals surface area contributed by atoms with Crippen molar-refractivity contribution in [3.05, 3.63) is 35.4 Å². The third kappa shape index (κ3) is 4.05. The van der Waals surface area contributed by atoms with Crippen LogP contribution >= 0.6 is 0 Å². The fourth-order valence-corrected chi connectivity index (χ4v) is 3.08. The lowest BCUT2D eigenvalue weighted by atomic mass is 9.99. The van der Waals surface area contributed by atoms with Gasteiger partial charge in [-0.25, -0.2) is 0 Å². The van der Waals surface area contributed by atoms with E-state index in [0.29, 0.717) is 12.1 Å². The average Bonchev–Trinajstić information content (AvgIpc) is 2.48. The highest BCUT2D eigenvalue weighted by Gasteiger charge is 2.22. The highest BCUT2D eigenvalue weighted by Crippen LogP contribution is 2.21. The van der Waals surface area contributed by atoms with Crippen LogP contribution in [0.25, 0.3) is 0 Å². The van der Waals surface area contributed by atoms with Crippen LogP contribution in [0.2, 0.25) is 0 Å². The van der Waals surface area contributed by atoms with Crippen LogP contribution in [-0.4, -0.2) is 44.3 Å². The van der Waals surface area contributed by atoms with E-state index in [9.17, 15) is 0 Å². The zero-order chi connectivity index (χ0) is 14.4. The number of ether oxygens (including phenoxy) is 1. The molecule has 1 fully saturated rings. The molecule has 0 saturated carbocycles. The molecule has 1 aliphatic rings. The Labute approximate surface area is 123 Å². The molecule has 1 N–H and O–H groups in total. The highest BCUT2D eigenvalue weighted by atomic mass is 16.5. The lowest BCUT2D eigenvalue weighted by molar-refractivity contribution is 0.0384. The maximum absolute atomic E-state index is 5.45. The standard InChI is InChI=1S/C17H28N2O/c1-4-18-17(16-8-6-5-7-14(16)2)13-19-11-9-15(20-3)10-12-19/h5-8,15,17-18H,4,9-13H2,1-3H3. The second-order valence-electron chi connectivity index (χ2n) is 5.70. The largest absolute Gasteiger partial charge is 0.381 e. The summed E-state index contributed by atoms with van der Waals surface area (Å²) in [5.41, 5.74) is 2.81. The van der Waals surface area contributed by atoms with Crippen molar-refractivity contribution in [2.45, 2.75) is 38.8 Å². The van der Waals surface area contributed by atoms with Crippen LogP contribution in [0.15, 0.2) is 24.3 Å². The third-order valence-electron chi connectivity index (χ3n) is 4.32.